The summed E-state index contributed by atoms with van der Waals surface area (Å²) >= 11 is 0. The van der Waals surface area contributed by atoms with E-state index in [-0.39, 0.29) is 0 Å². The van der Waals surface area contributed by atoms with E-state index in [0.717, 1.165) is 30.4 Å². The van der Waals surface area contributed by atoms with Crippen molar-refractivity contribution in [1.82, 2.24) is 14.5 Å². The molecule has 1 saturated heterocycles. The van der Waals surface area contributed by atoms with Crippen LogP contribution in [0.1, 0.15) is 30.3 Å². The highest BCUT2D eigenvalue weighted by molar-refractivity contribution is 5.44. The fraction of sp³-hybridized carbons (Fsp3) is 0.471. The number of hydrogen-bond donors (Lipinski definition) is 0. The molecular formula is C17H21N3O2. The molecule has 1 aromatic heterocycles. The second-order valence-electron chi connectivity index (χ2n) is 5.99. The highest BCUT2D eigenvalue weighted by atomic mass is 16.6. The molecule has 4 rings (SSSR count). The fourth-order valence-corrected chi connectivity index (χ4v) is 3.39. The molecule has 22 heavy (non-hydrogen) atoms. The molecule has 0 N–H and O–H groups in total. The van der Waals surface area contributed by atoms with Crippen LogP contribution < -0.4 is 9.47 Å². The molecule has 3 heterocycles. The standard InChI is InChI=1S/C17H21N3O2/c1-19-8-6-18-17(19)12-20-7-2-3-14(20)13-4-5-15-16(11-13)22-10-9-21-15/h4-6,8,11,14H,2-3,7,9-10,12H2,1H3. The van der Waals surface area contributed by atoms with Crippen molar-refractivity contribution in [3.8, 4) is 11.5 Å². The summed E-state index contributed by atoms with van der Waals surface area (Å²) in [6, 6.07) is 6.80. The van der Waals surface area contributed by atoms with Gasteiger partial charge in [-0.05, 0) is 37.1 Å². The molecule has 0 spiro atoms. The van der Waals surface area contributed by atoms with E-state index in [1.165, 1.54) is 18.4 Å². The highest BCUT2D eigenvalue weighted by Gasteiger charge is 2.28. The molecule has 0 aliphatic carbocycles. The first kappa shape index (κ1) is 13.6. The van der Waals surface area contributed by atoms with E-state index in [1.54, 1.807) is 0 Å². The molecule has 116 valence electrons. The molecule has 0 saturated carbocycles. The van der Waals surface area contributed by atoms with Gasteiger partial charge in [-0.1, -0.05) is 6.07 Å². The highest BCUT2D eigenvalue weighted by Crippen LogP contribution is 2.38. The van der Waals surface area contributed by atoms with Gasteiger partial charge in [0.2, 0.25) is 0 Å². The summed E-state index contributed by atoms with van der Waals surface area (Å²) < 4.78 is 13.4. The number of aromatic nitrogens is 2. The quantitative estimate of drug-likeness (QED) is 0.873. The summed E-state index contributed by atoms with van der Waals surface area (Å²) in [4.78, 5) is 6.96. The van der Waals surface area contributed by atoms with Crippen molar-refractivity contribution in [1.29, 1.82) is 0 Å². The van der Waals surface area contributed by atoms with Gasteiger partial charge in [-0.25, -0.2) is 4.98 Å². The number of aryl methyl sites for hydroxylation is 1. The van der Waals surface area contributed by atoms with E-state index in [1.807, 2.05) is 18.5 Å². The predicted octanol–water partition coefficient (Wildman–Crippen LogP) is 2.53. The summed E-state index contributed by atoms with van der Waals surface area (Å²) in [5.41, 5.74) is 1.32. The molecule has 2 aromatic rings. The molecule has 0 amide bonds. The minimum absolute atomic E-state index is 0.438. The number of ether oxygens (including phenoxy) is 2. The van der Waals surface area contributed by atoms with Crippen molar-refractivity contribution in [3.05, 3.63) is 42.0 Å². The van der Waals surface area contributed by atoms with Gasteiger partial charge in [0.1, 0.15) is 19.0 Å². The van der Waals surface area contributed by atoms with Crippen LogP contribution >= 0.6 is 0 Å². The number of fused-ring (bicyclic) bond motifs is 1. The molecule has 1 fully saturated rings. The van der Waals surface area contributed by atoms with E-state index in [4.69, 9.17) is 9.47 Å². The molecular weight excluding hydrogens is 278 g/mol. The van der Waals surface area contributed by atoms with Crippen LogP contribution in [0, 0.1) is 0 Å². The van der Waals surface area contributed by atoms with Crippen LogP contribution in [0.4, 0.5) is 0 Å². The number of rotatable bonds is 3. The van der Waals surface area contributed by atoms with Crippen molar-refractivity contribution >= 4 is 0 Å². The molecule has 1 unspecified atom stereocenters. The third-order valence-corrected chi connectivity index (χ3v) is 4.58. The van der Waals surface area contributed by atoms with E-state index in [9.17, 15) is 0 Å². The van der Waals surface area contributed by atoms with Crippen molar-refractivity contribution in [2.24, 2.45) is 7.05 Å². The average Bonchev–Trinajstić information content (AvgIpc) is 3.17. The van der Waals surface area contributed by atoms with Gasteiger partial charge >= 0.3 is 0 Å². The third-order valence-electron chi connectivity index (χ3n) is 4.58. The maximum Gasteiger partial charge on any atom is 0.161 e. The minimum Gasteiger partial charge on any atom is -0.486 e. The Morgan fingerprint density at radius 2 is 2.09 bits per heavy atom. The van der Waals surface area contributed by atoms with Gasteiger partial charge in [0.05, 0.1) is 6.54 Å². The predicted molar refractivity (Wildman–Crippen MR) is 83.0 cm³/mol. The van der Waals surface area contributed by atoms with Gasteiger partial charge in [0, 0.05) is 25.5 Å². The van der Waals surface area contributed by atoms with Gasteiger partial charge < -0.3 is 14.0 Å². The maximum absolute atomic E-state index is 5.72. The first-order valence-corrected chi connectivity index (χ1v) is 7.91. The summed E-state index contributed by atoms with van der Waals surface area (Å²) in [5.74, 6) is 2.86. The number of likely N-dealkylation sites (tertiary alicyclic amines) is 1. The van der Waals surface area contributed by atoms with E-state index in [0.29, 0.717) is 19.3 Å². The Morgan fingerprint density at radius 3 is 2.91 bits per heavy atom. The first-order valence-electron chi connectivity index (χ1n) is 7.91. The zero-order valence-electron chi connectivity index (χ0n) is 12.9. The zero-order chi connectivity index (χ0) is 14.9. The zero-order valence-corrected chi connectivity index (χ0v) is 12.9. The van der Waals surface area contributed by atoms with Crippen LogP contribution in [0.3, 0.4) is 0 Å². The van der Waals surface area contributed by atoms with Crippen LogP contribution in [0.25, 0.3) is 0 Å². The molecule has 5 nitrogen and oxygen atoms in total. The topological polar surface area (TPSA) is 39.5 Å². The Kier molecular flexibility index (Phi) is 3.50. The van der Waals surface area contributed by atoms with Gasteiger partial charge in [-0.2, -0.15) is 0 Å². The van der Waals surface area contributed by atoms with Crippen molar-refractivity contribution < 1.29 is 9.47 Å². The Bertz CT molecular complexity index is 668. The first-order chi connectivity index (χ1) is 10.8. The van der Waals surface area contributed by atoms with Crippen LogP contribution in [-0.4, -0.2) is 34.2 Å². The lowest BCUT2D eigenvalue weighted by Crippen LogP contribution is -2.24. The minimum atomic E-state index is 0.438. The normalized spacial score (nSPS) is 21.2. The fourth-order valence-electron chi connectivity index (χ4n) is 3.39. The van der Waals surface area contributed by atoms with E-state index in [2.05, 4.69) is 33.6 Å². The molecule has 2 aliphatic heterocycles. The molecule has 0 radical (unpaired) electrons. The number of benzene rings is 1. The summed E-state index contributed by atoms with van der Waals surface area (Å²) in [7, 11) is 2.05. The van der Waals surface area contributed by atoms with E-state index < -0.39 is 0 Å². The second-order valence-corrected chi connectivity index (χ2v) is 5.99. The molecule has 5 heteroatoms. The van der Waals surface area contributed by atoms with Gasteiger partial charge in [0.15, 0.2) is 11.5 Å². The lowest BCUT2D eigenvalue weighted by atomic mass is 10.0. The van der Waals surface area contributed by atoms with Crippen LogP contribution in [-0.2, 0) is 13.6 Å². The van der Waals surface area contributed by atoms with Crippen LogP contribution in [0.15, 0.2) is 30.6 Å². The number of nitrogens with zero attached hydrogens (tertiary/aromatic N) is 3. The Labute approximate surface area is 130 Å². The summed E-state index contributed by atoms with van der Waals surface area (Å²) in [5, 5.41) is 0. The van der Waals surface area contributed by atoms with Crippen molar-refractivity contribution in [3.63, 3.8) is 0 Å². The maximum atomic E-state index is 5.72. The van der Waals surface area contributed by atoms with Crippen LogP contribution in [0.2, 0.25) is 0 Å². The largest absolute Gasteiger partial charge is 0.486 e. The van der Waals surface area contributed by atoms with Gasteiger partial charge in [-0.15, -0.1) is 0 Å². The lowest BCUT2D eigenvalue weighted by molar-refractivity contribution is 0.170. The Hall–Kier alpha value is -2.01. The third kappa shape index (κ3) is 2.46. The average molecular weight is 299 g/mol. The number of hydrogen-bond acceptors (Lipinski definition) is 4. The van der Waals surface area contributed by atoms with Crippen LogP contribution in [0.5, 0.6) is 11.5 Å². The number of imidazole rings is 1. The van der Waals surface area contributed by atoms with Crippen molar-refractivity contribution in [2.45, 2.75) is 25.4 Å². The Morgan fingerprint density at radius 1 is 1.23 bits per heavy atom. The molecule has 2 aliphatic rings. The Balaban J connectivity index is 1.57. The SMILES string of the molecule is Cn1ccnc1CN1CCCC1c1ccc2c(c1)OCCO2. The molecule has 1 atom stereocenters. The second kappa shape index (κ2) is 5.65. The van der Waals surface area contributed by atoms with E-state index >= 15 is 0 Å². The van der Waals surface area contributed by atoms with Gasteiger partial charge in [0.25, 0.3) is 0 Å². The summed E-state index contributed by atoms with van der Waals surface area (Å²) in [6.07, 6.45) is 6.28. The van der Waals surface area contributed by atoms with Crippen molar-refractivity contribution in [2.75, 3.05) is 19.8 Å². The molecule has 1 aromatic carbocycles. The smallest absolute Gasteiger partial charge is 0.161 e. The van der Waals surface area contributed by atoms with Gasteiger partial charge in [-0.3, -0.25) is 4.90 Å². The monoisotopic (exact) mass is 299 g/mol. The lowest BCUT2D eigenvalue weighted by Gasteiger charge is -2.26. The summed E-state index contributed by atoms with van der Waals surface area (Å²) in [6.45, 7) is 3.29. The molecule has 0 bridgehead atoms.